The lowest BCUT2D eigenvalue weighted by atomic mass is 9.72. The average Bonchev–Trinajstić information content (AvgIpc) is 3.81. The molecule has 11 nitrogen and oxygen atoms in total. The minimum atomic E-state index is -0.802. The molecule has 4 N–H and O–H groups in total. The molecule has 9 rings (SSSR count). The van der Waals surface area contributed by atoms with Crippen LogP contribution in [-0.4, -0.2) is 95.4 Å². The number of aliphatic hydroxyl groups is 1. The van der Waals surface area contributed by atoms with Gasteiger partial charge in [-0.25, -0.2) is 0 Å². The van der Waals surface area contributed by atoms with Gasteiger partial charge in [0.1, 0.15) is 17.6 Å². The van der Waals surface area contributed by atoms with E-state index < -0.39 is 11.5 Å². The first-order chi connectivity index (χ1) is 28.3. The summed E-state index contributed by atoms with van der Waals surface area (Å²) in [5.41, 5.74) is 3.30. The van der Waals surface area contributed by atoms with E-state index in [1.165, 1.54) is 12.1 Å². The number of aromatic amines is 1. The molecule has 0 radical (unpaired) electrons. The first-order valence-corrected chi connectivity index (χ1v) is 21.5. The Balaban J connectivity index is 0.843. The summed E-state index contributed by atoms with van der Waals surface area (Å²) >= 11 is 1.60. The molecule has 4 fully saturated rings. The van der Waals surface area contributed by atoms with Gasteiger partial charge in [0, 0.05) is 48.8 Å². The summed E-state index contributed by atoms with van der Waals surface area (Å²) < 4.78 is 12.7. The number of ether oxygens (including phenoxy) is 2. The third-order valence-electron chi connectivity index (χ3n) is 12.4. The van der Waals surface area contributed by atoms with Crippen LogP contribution in [0.3, 0.4) is 0 Å². The number of nitrogens with zero attached hydrogens (tertiary/aromatic N) is 2. The first-order valence-electron chi connectivity index (χ1n) is 20.6. The van der Waals surface area contributed by atoms with E-state index in [2.05, 4.69) is 20.6 Å². The number of aliphatic hydroxyl groups excluding tert-OH is 1. The quantitative estimate of drug-likeness (QED) is 0.0676. The molecular weight excluding hydrogens is 753 g/mol. The number of esters is 1. The number of rotatable bonds is 15. The molecule has 0 aliphatic carbocycles. The number of nitrogens with one attached hydrogen (secondary N) is 2. The Morgan fingerprint density at radius 1 is 0.948 bits per heavy atom. The smallest absolute Gasteiger partial charge is 0.317 e. The van der Waals surface area contributed by atoms with Crippen molar-refractivity contribution >= 4 is 34.1 Å². The topological polar surface area (TPSA) is 144 Å². The predicted molar refractivity (Wildman–Crippen MR) is 225 cm³/mol. The minimum absolute atomic E-state index is 0.0332. The molecule has 2 bridgehead atoms. The van der Waals surface area contributed by atoms with E-state index in [1.807, 2.05) is 64.9 Å². The van der Waals surface area contributed by atoms with E-state index in [-0.39, 0.29) is 29.3 Å². The van der Waals surface area contributed by atoms with E-state index >= 15 is 0 Å². The normalized spacial score (nSPS) is 20.5. The Kier molecular flexibility index (Phi) is 12.3. The maximum Gasteiger partial charge on any atom is 0.317 e. The van der Waals surface area contributed by atoms with E-state index in [0.717, 1.165) is 74.2 Å². The van der Waals surface area contributed by atoms with Gasteiger partial charge in [-0.15, -0.1) is 0 Å². The fourth-order valence-corrected chi connectivity index (χ4v) is 9.63. The fourth-order valence-electron chi connectivity index (χ4n) is 8.98. The van der Waals surface area contributed by atoms with Crippen LogP contribution in [0.2, 0.25) is 0 Å². The van der Waals surface area contributed by atoms with E-state index in [1.54, 1.807) is 23.5 Å². The Morgan fingerprint density at radius 2 is 1.76 bits per heavy atom. The summed E-state index contributed by atoms with van der Waals surface area (Å²) in [7, 11) is 0. The number of amides is 1. The van der Waals surface area contributed by atoms with Gasteiger partial charge < -0.3 is 34.9 Å². The van der Waals surface area contributed by atoms with Gasteiger partial charge in [-0.2, -0.15) is 11.3 Å². The highest BCUT2D eigenvalue weighted by Crippen LogP contribution is 2.40. The molecule has 0 spiro atoms. The number of phenolic OH excluding ortho intramolecular Hbond substituents is 1. The maximum absolute atomic E-state index is 14.1. The van der Waals surface area contributed by atoms with Crippen LogP contribution in [0, 0.1) is 5.92 Å². The van der Waals surface area contributed by atoms with E-state index in [9.17, 15) is 24.6 Å². The van der Waals surface area contributed by atoms with Crippen LogP contribution < -0.4 is 15.6 Å². The summed E-state index contributed by atoms with van der Waals surface area (Å²) in [6, 6.07) is 23.9. The number of H-pyrrole nitrogens is 1. The SMILES string of the molecule is O=C(c1ccc(OCCCCCNC[C@H](O)c2ccc(O)c3[nH]c(=O)ccc23)c(-c2ccsc2)c1)N1CCC(C(=O)O[C@H]2CN3CCC2CC3)(c2ccccc2)CC1. The molecule has 1 amide bonds. The van der Waals surface area contributed by atoms with Crippen molar-refractivity contribution in [1.29, 1.82) is 0 Å². The van der Waals surface area contributed by atoms with Gasteiger partial charge in [0.15, 0.2) is 0 Å². The number of likely N-dealkylation sites (tertiary alicyclic amines) is 1. The first kappa shape index (κ1) is 39.8. The highest BCUT2D eigenvalue weighted by atomic mass is 32.1. The number of benzene rings is 3. The van der Waals surface area contributed by atoms with Crippen molar-refractivity contribution in [3.8, 4) is 22.6 Å². The van der Waals surface area contributed by atoms with E-state index in [0.29, 0.717) is 73.6 Å². The largest absolute Gasteiger partial charge is 0.506 e. The number of pyridine rings is 1. The molecule has 58 heavy (non-hydrogen) atoms. The highest BCUT2D eigenvalue weighted by Gasteiger charge is 2.47. The molecule has 12 heteroatoms. The minimum Gasteiger partial charge on any atom is -0.506 e. The van der Waals surface area contributed by atoms with Crippen molar-refractivity contribution < 1.29 is 29.3 Å². The fraction of sp³-hybridized carbons (Fsp3) is 0.413. The summed E-state index contributed by atoms with van der Waals surface area (Å²) in [5.74, 6) is 0.922. The molecule has 5 aromatic rings. The van der Waals surface area contributed by atoms with Gasteiger partial charge in [0.25, 0.3) is 5.91 Å². The second kappa shape index (κ2) is 17.9. The van der Waals surface area contributed by atoms with Crippen molar-refractivity contribution in [3.05, 3.63) is 117 Å². The molecule has 6 heterocycles. The zero-order chi connectivity index (χ0) is 40.1. The number of hydrogen-bond acceptors (Lipinski definition) is 10. The van der Waals surface area contributed by atoms with Crippen LogP contribution >= 0.6 is 11.3 Å². The number of thiophene rings is 1. The molecule has 4 saturated heterocycles. The number of unbranched alkanes of at least 4 members (excludes halogenated alkanes) is 2. The number of phenols is 1. The van der Waals surface area contributed by atoms with Crippen LogP contribution in [0.15, 0.2) is 94.4 Å². The van der Waals surface area contributed by atoms with Crippen molar-refractivity contribution in [3.63, 3.8) is 0 Å². The lowest BCUT2D eigenvalue weighted by molar-refractivity contribution is -0.167. The monoisotopic (exact) mass is 804 g/mol. The van der Waals surface area contributed by atoms with Gasteiger partial charge in [0.2, 0.25) is 5.56 Å². The molecule has 4 aliphatic rings. The number of carbonyl (C=O) groups is 2. The number of carbonyl (C=O) groups excluding carboxylic acids is 2. The lowest BCUT2D eigenvalue weighted by Gasteiger charge is -2.46. The maximum atomic E-state index is 14.1. The van der Waals surface area contributed by atoms with Crippen molar-refractivity contribution in [2.24, 2.45) is 5.92 Å². The molecule has 304 valence electrons. The molecule has 0 unspecified atom stereocenters. The summed E-state index contributed by atoms with van der Waals surface area (Å²) in [6.45, 7) is 5.47. The standard InChI is InChI=1S/C46H52N4O7S/c51-38-12-10-35(36-11-14-42(53)48-43(36)38)39(52)28-47-20-5-2-6-25-56-40-13-9-32(27-37(40)33-17-26-58-30-33)44(54)50-23-18-46(19-24-50,34-7-3-1-4-8-34)45(55)57-41-29-49-21-15-31(41)16-22-49/h1,3-4,7-14,17,26-27,30-31,39,41,47,51-52H,2,5-6,15-16,18-25,28-29H2,(H,48,53)/t39-,41-/m0/s1. The number of fused-ring (bicyclic) bond motifs is 4. The van der Waals surface area contributed by atoms with Gasteiger partial charge in [0.05, 0.1) is 23.6 Å². The summed E-state index contributed by atoms with van der Waals surface area (Å²) in [5, 5.41) is 29.0. The second-order valence-electron chi connectivity index (χ2n) is 16.0. The zero-order valence-electron chi connectivity index (χ0n) is 32.7. The molecular formula is C46H52N4O7S. The van der Waals surface area contributed by atoms with Crippen LogP contribution in [-0.2, 0) is 14.9 Å². The number of aromatic hydroxyl groups is 1. The second-order valence-corrected chi connectivity index (χ2v) is 16.7. The van der Waals surface area contributed by atoms with Crippen LogP contribution in [0.1, 0.15) is 72.5 Å². The molecule has 2 aromatic heterocycles. The van der Waals surface area contributed by atoms with E-state index in [4.69, 9.17) is 9.47 Å². The molecule has 3 aromatic carbocycles. The lowest BCUT2D eigenvalue weighted by Crippen LogP contribution is -2.55. The Bertz CT molecular complexity index is 2250. The van der Waals surface area contributed by atoms with Crippen LogP contribution in [0.5, 0.6) is 11.5 Å². The third kappa shape index (κ3) is 8.56. The Hall–Kier alpha value is -5.01. The van der Waals surface area contributed by atoms with Gasteiger partial charge in [-0.1, -0.05) is 36.4 Å². The molecule has 0 saturated carbocycles. The third-order valence-corrected chi connectivity index (χ3v) is 13.1. The van der Waals surface area contributed by atoms with Gasteiger partial charge >= 0.3 is 5.97 Å². The van der Waals surface area contributed by atoms with Gasteiger partial charge in [-0.05, 0) is 134 Å². The van der Waals surface area contributed by atoms with Crippen molar-refractivity contribution in [1.82, 2.24) is 20.1 Å². The Labute approximate surface area is 342 Å². The number of piperidine rings is 4. The number of aromatic nitrogens is 1. The Morgan fingerprint density at radius 3 is 2.50 bits per heavy atom. The van der Waals surface area contributed by atoms with Crippen molar-refractivity contribution in [2.45, 2.75) is 62.6 Å². The predicted octanol–water partition coefficient (Wildman–Crippen LogP) is 6.65. The zero-order valence-corrected chi connectivity index (χ0v) is 33.6. The van der Waals surface area contributed by atoms with Crippen LogP contribution in [0.25, 0.3) is 22.0 Å². The highest BCUT2D eigenvalue weighted by molar-refractivity contribution is 7.08. The van der Waals surface area contributed by atoms with Crippen molar-refractivity contribution in [2.75, 3.05) is 52.4 Å². The van der Waals surface area contributed by atoms with Gasteiger partial charge in [-0.3, -0.25) is 19.3 Å². The number of hydrogen-bond donors (Lipinski definition) is 4. The summed E-state index contributed by atoms with van der Waals surface area (Å²) in [4.78, 5) is 46.8. The summed E-state index contributed by atoms with van der Waals surface area (Å²) in [6.07, 6.45) is 4.96. The molecule has 4 aliphatic heterocycles. The molecule has 2 atom stereocenters. The average molecular weight is 805 g/mol. The van der Waals surface area contributed by atoms with Crippen LogP contribution in [0.4, 0.5) is 0 Å².